The molecule has 9 nitrogen and oxygen atoms in total. The van der Waals surface area contributed by atoms with E-state index in [-0.39, 0.29) is 5.91 Å². The number of thiazole rings is 1. The molecule has 154 valence electrons. The van der Waals surface area contributed by atoms with Crippen molar-refractivity contribution >= 4 is 34.6 Å². The van der Waals surface area contributed by atoms with Gasteiger partial charge in [-0.15, -0.1) is 0 Å². The van der Waals surface area contributed by atoms with Gasteiger partial charge >= 0.3 is 0 Å². The van der Waals surface area contributed by atoms with Crippen LogP contribution in [0.2, 0.25) is 0 Å². The summed E-state index contributed by atoms with van der Waals surface area (Å²) in [6.07, 6.45) is 1.84. The van der Waals surface area contributed by atoms with Crippen LogP contribution in [0.15, 0.2) is 30.5 Å². The number of methoxy groups -OCH3 is 1. The third-order valence-electron chi connectivity index (χ3n) is 4.55. The number of H-pyrrole nitrogens is 1. The van der Waals surface area contributed by atoms with Gasteiger partial charge < -0.3 is 9.30 Å². The van der Waals surface area contributed by atoms with E-state index in [0.29, 0.717) is 27.0 Å². The fraction of sp³-hybridized carbons (Fsp3) is 0.211. The summed E-state index contributed by atoms with van der Waals surface area (Å²) in [6, 6.07) is 7.09. The van der Waals surface area contributed by atoms with E-state index in [1.165, 1.54) is 11.3 Å². The van der Waals surface area contributed by atoms with E-state index in [4.69, 9.17) is 17.0 Å². The minimum Gasteiger partial charge on any atom is -0.496 e. The van der Waals surface area contributed by atoms with Crippen LogP contribution in [0.1, 0.15) is 16.1 Å². The Morgan fingerprint density at radius 3 is 2.73 bits per heavy atom. The Morgan fingerprint density at radius 1 is 1.30 bits per heavy atom. The van der Waals surface area contributed by atoms with Crippen molar-refractivity contribution in [1.29, 1.82) is 0 Å². The van der Waals surface area contributed by atoms with Crippen LogP contribution in [-0.4, -0.2) is 42.5 Å². The van der Waals surface area contributed by atoms with Gasteiger partial charge in [0.1, 0.15) is 5.75 Å². The summed E-state index contributed by atoms with van der Waals surface area (Å²) in [5.41, 5.74) is 2.70. The van der Waals surface area contributed by atoms with Gasteiger partial charge in [-0.1, -0.05) is 11.3 Å². The number of aromatic nitrogens is 6. The molecule has 0 aliphatic rings. The van der Waals surface area contributed by atoms with E-state index >= 15 is 0 Å². The van der Waals surface area contributed by atoms with Crippen LogP contribution in [-0.2, 0) is 14.1 Å². The van der Waals surface area contributed by atoms with Crippen LogP contribution in [0.4, 0.5) is 5.13 Å². The topological polar surface area (TPSA) is 103 Å². The van der Waals surface area contributed by atoms with Crippen molar-refractivity contribution in [2.45, 2.75) is 6.92 Å². The molecule has 4 aromatic rings. The molecule has 0 saturated heterocycles. The summed E-state index contributed by atoms with van der Waals surface area (Å²) < 4.78 is 9.42. The Balaban J connectivity index is 1.63. The van der Waals surface area contributed by atoms with E-state index in [2.05, 4.69) is 25.6 Å². The van der Waals surface area contributed by atoms with Crippen LogP contribution in [0.3, 0.4) is 0 Å². The molecule has 3 heterocycles. The molecule has 0 atom stereocenters. The molecule has 0 radical (unpaired) electrons. The highest BCUT2D eigenvalue weighted by atomic mass is 32.1. The lowest BCUT2D eigenvalue weighted by molar-refractivity contribution is 0.102. The predicted octanol–water partition coefficient (Wildman–Crippen LogP) is 3.57. The van der Waals surface area contributed by atoms with Crippen molar-refractivity contribution in [2.75, 3.05) is 12.4 Å². The fourth-order valence-electron chi connectivity index (χ4n) is 2.98. The number of aryl methyl sites for hydroxylation is 2. The minimum absolute atomic E-state index is 0.273. The first kappa shape index (κ1) is 20.0. The number of anilines is 1. The van der Waals surface area contributed by atoms with E-state index in [0.717, 1.165) is 21.8 Å². The molecule has 30 heavy (non-hydrogen) atoms. The number of carbonyl (C=O) groups is 1. The summed E-state index contributed by atoms with van der Waals surface area (Å²) in [4.78, 5) is 18.2. The Bertz CT molecular complexity index is 1300. The molecule has 0 fully saturated rings. The molecular weight excluding hydrogens is 422 g/mol. The number of carbonyl (C=O) groups excluding carboxylic acids is 1. The number of aromatic amines is 1. The Morgan fingerprint density at radius 2 is 2.10 bits per heavy atom. The van der Waals surface area contributed by atoms with Gasteiger partial charge in [-0.05, 0) is 43.4 Å². The molecule has 0 spiro atoms. The number of rotatable bonds is 5. The van der Waals surface area contributed by atoms with Gasteiger partial charge in [0.15, 0.2) is 15.7 Å². The Kier molecular flexibility index (Phi) is 5.22. The first-order valence-corrected chi connectivity index (χ1v) is 10.2. The molecule has 0 aliphatic carbocycles. The smallest absolute Gasteiger partial charge is 0.257 e. The number of amides is 1. The zero-order valence-electron chi connectivity index (χ0n) is 16.8. The molecule has 4 rings (SSSR count). The van der Waals surface area contributed by atoms with Gasteiger partial charge in [0.2, 0.25) is 0 Å². The second kappa shape index (κ2) is 7.84. The molecule has 0 saturated carbocycles. The normalized spacial score (nSPS) is 10.9. The monoisotopic (exact) mass is 441 g/mol. The zero-order chi connectivity index (χ0) is 21.4. The lowest BCUT2D eigenvalue weighted by atomic mass is 10.1. The van der Waals surface area contributed by atoms with Gasteiger partial charge in [0.25, 0.3) is 5.91 Å². The lowest BCUT2D eigenvalue weighted by Gasteiger charge is -2.09. The molecule has 3 aromatic heterocycles. The van der Waals surface area contributed by atoms with Crippen LogP contribution in [0.25, 0.3) is 22.0 Å². The number of nitrogens with zero attached hydrogens (tertiary/aromatic N) is 5. The molecule has 2 N–H and O–H groups in total. The molecule has 1 aromatic carbocycles. The van der Waals surface area contributed by atoms with Crippen molar-refractivity contribution in [3.05, 3.63) is 46.5 Å². The second-order valence-electron chi connectivity index (χ2n) is 6.59. The van der Waals surface area contributed by atoms with Crippen molar-refractivity contribution < 1.29 is 9.53 Å². The second-order valence-corrected chi connectivity index (χ2v) is 7.97. The van der Waals surface area contributed by atoms with Gasteiger partial charge in [-0.3, -0.25) is 19.9 Å². The van der Waals surface area contributed by atoms with Gasteiger partial charge in [-0.25, -0.2) is 4.98 Å². The summed E-state index contributed by atoms with van der Waals surface area (Å²) in [7, 11) is 5.25. The highest BCUT2D eigenvalue weighted by Gasteiger charge is 2.18. The highest BCUT2D eigenvalue weighted by Crippen LogP contribution is 2.33. The molecule has 0 aliphatic heterocycles. The average molecular weight is 442 g/mol. The van der Waals surface area contributed by atoms with E-state index < -0.39 is 0 Å². The molecule has 0 unspecified atom stereocenters. The van der Waals surface area contributed by atoms with Crippen LogP contribution in [0.5, 0.6) is 5.75 Å². The van der Waals surface area contributed by atoms with Gasteiger partial charge in [-0.2, -0.15) is 10.2 Å². The molecule has 1 amide bonds. The van der Waals surface area contributed by atoms with Crippen molar-refractivity contribution in [1.82, 2.24) is 29.5 Å². The third kappa shape index (κ3) is 3.64. The number of hydrogen-bond acceptors (Lipinski definition) is 7. The number of nitrogens with one attached hydrogen (secondary N) is 2. The van der Waals surface area contributed by atoms with Crippen LogP contribution in [0, 0.1) is 11.7 Å². The summed E-state index contributed by atoms with van der Waals surface area (Å²) in [5, 5.41) is 14.8. The summed E-state index contributed by atoms with van der Waals surface area (Å²) in [5.74, 6) is 1.05. The Labute approximate surface area is 181 Å². The van der Waals surface area contributed by atoms with Crippen molar-refractivity contribution in [3.8, 4) is 27.7 Å². The maximum Gasteiger partial charge on any atom is 0.257 e. The highest BCUT2D eigenvalue weighted by molar-refractivity contribution is 7.71. The first-order valence-electron chi connectivity index (χ1n) is 8.96. The zero-order valence-corrected chi connectivity index (χ0v) is 18.4. The SMILES string of the molecule is COc1ccc(C(=O)Nc2nc(C)c(-c3n[nH]c(=S)n3C)s2)cc1-c1ccn(C)n1. The molecule has 11 heteroatoms. The number of hydrogen-bond donors (Lipinski definition) is 2. The van der Waals surface area contributed by atoms with Crippen molar-refractivity contribution in [2.24, 2.45) is 14.1 Å². The Hall–Kier alpha value is -3.31. The van der Waals surface area contributed by atoms with E-state index in [1.54, 1.807) is 34.6 Å². The lowest BCUT2D eigenvalue weighted by Crippen LogP contribution is -2.12. The van der Waals surface area contributed by atoms with Crippen LogP contribution < -0.4 is 10.1 Å². The average Bonchev–Trinajstić information content (AvgIpc) is 3.41. The standard InChI is InChI=1S/C19H19N7O2S2/c1-10-15(16-22-23-19(29)26(16)3)30-18(20-10)21-17(27)11-5-6-14(28-4)12(9-11)13-7-8-25(2)24-13/h5-9H,1-4H3,(H,23,29)(H,20,21,27). The third-order valence-corrected chi connectivity index (χ3v) is 5.99. The minimum atomic E-state index is -0.273. The molecular formula is C19H19N7O2S2. The maximum absolute atomic E-state index is 12.9. The quantitative estimate of drug-likeness (QED) is 0.459. The van der Waals surface area contributed by atoms with Crippen molar-refractivity contribution in [3.63, 3.8) is 0 Å². The summed E-state index contributed by atoms with van der Waals surface area (Å²) in [6.45, 7) is 1.87. The first-order chi connectivity index (χ1) is 14.4. The number of benzene rings is 1. The maximum atomic E-state index is 12.9. The molecule has 0 bridgehead atoms. The van der Waals surface area contributed by atoms with Gasteiger partial charge in [0.05, 0.1) is 23.4 Å². The van der Waals surface area contributed by atoms with E-state index in [1.807, 2.05) is 33.3 Å². The fourth-order valence-corrected chi connectivity index (χ4v) is 4.10. The largest absolute Gasteiger partial charge is 0.496 e. The number of ether oxygens (including phenoxy) is 1. The van der Waals surface area contributed by atoms with E-state index in [9.17, 15) is 4.79 Å². The predicted molar refractivity (Wildman–Crippen MR) is 117 cm³/mol. The summed E-state index contributed by atoms with van der Waals surface area (Å²) >= 11 is 6.52. The van der Waals surface area contributed by atoms with Gasteiger partial charge in [0, 0.05) is 31.4 Å². The van der Waals surface area contributed by atoms with Crippen LogP contribution >= 0.6 is 23.6 Å².